The third-order valence-corrected chi connectivity index (χ3v) is 3.59. The zero-order valence-corrected chi connectivity index (χ0v) is 13.5. The van der Waals surface area contributed by atoms with E-state index in [1.165, 1.54) is 50.5 Å². The first-order valence-electron chi connectivity index (χ1n) is 7.82. The first-order valence-corrected chi connectivity index (χ1v) is 8.32. The van der Waals surface area contributed by atoms with Gasteiger partial charge in [0.2, 0.25) is 0 Å². The van der Waals surface area contributed by atoms with Gasteiger partial charge >= 0.3 is 0 Å². The second-order valence-corrected chi connectivity index (χ2v) is 5.44. The van der Waals surface area contributed by atoms with Gasteiger partial charge in [0.15, 0.2) is 10.4 Å². The molecule has 0 bridgehead atoms. The summed E-state index contributed by atoms with van der Waals surface area (Å²) >= 11 is 0. The molecule has 3 nitrogen and oxygen atoms in total. The Morgan fingerprint density at radius 1 is 0.750 bits per heavy atom. The van der Waals surface area contributed by atoms with Crippen molar-refractivity contribution in [2.45, 2.75) is 51.5 Å². The maximum atomic E-state index is 3.51. The molecule has 1 aromatic carbocycles. The fourth-order valence-corrected chi connectivity index (χ4v) is 2.36. The molecule has 0 amide bonds. The predicted octanol–water partition coefficient (Wildman–Crippen LogP) is 2.68. The first kappa shape index (κ1) is 17.4. The zero-order valence-electron chi connectivity index (χ0n) is 12.5. The molecule has 20 heavy (non-hydrogen) atoms. The van der Waals surface area contributed by atoms with Gasteiger partial charge in [0.05, 0.1) is 0 Å². The Hall–Kier alpha value is -0.683. The van der Waals surface area contributed by atoms with Gasteiger partial charge in [-0.05, 0) is 24.9 Å². The van der Waals surface area contributed by atoms with Gasteiger partial charge in [-0.1, -0.05) is 62.4 Å². The molecular weight excluding hydrogens is 262 g/mol. The fraction of sp³-hybridized carbons (Fsp3) is 0.625. The van der Waals surface area contributed by atoms with Crippen molar-refractivity contribution in [3.8, 4) is 0 Å². The second-order valence-electron chi connectivity index (χ2n) is 5.19. The molecule has 0 saturated carbocycles. The van der Waals surface area contributed by atoms with Gasteiger partial charge in [-0.25, -0.2) is 0 Å². The van der Waals surface area contributed by atoms with Crippen molar-refractivity contribution in [3.05, 3.63) is 35.9 Å². The van der Waals surface area contributed by atoms with Crippen molar-refractivity contribution in [2.24, 2.45) is 0 Å². The van der Waals surface area contributed by atoms with E-state index in [1.807, 2.05) is 0 Å². The normalized spacial score (nSPS) is 10.8. The lowest BCUT2D eigenvalue weighted by Gasteiger charge is -2.05. The molecule has 0 saturated heterocycles. The Morgan fingerprint density at radius 3 is 2.00 bits per heavy atom. The standard InChI is InChI=1S/C16H28N3Si/c20-19-18-14-10-5-3-1-2-4-9-13-17-15-16-11-7-6-8-12-16/h6-8,11-12,17-19H,1-5,9-10,13-15H2. The predicted molar refractivity (Wildman–Crippen MR) is 87.4 cm³/mol. The molecule has 0 spiro atoms. The van der Waals surface area contributed by atoms with Crippen molar-refractivity contribution in [2.75, 3.05) is 13.1 Å². The summed E-state index contributed by atoms with van der Waals surface area (Å²) in [6.45, 7) is 3.16. The molecule has 0 aromatic heterocycles. The summed E-state index contributed by atoms with van der Waals surface area (Å²) in [5.41, 5.74) is 4.42. The number of unbranched alkanes of at least 4 members (excludes halogenated alkanes) is 6. The van der Waals surface area contributed by atoms with Crippen LogP contribution in [0.15, 0.2) is 30.3 Å². The van der Waals surface area contributed by atoms with E-state index in [-0.39, 0.29) is 0 Å². The van der Waals surface area contributed by atoms with Gasteiger partial charge in [0, 0.05) is 13.1 Å². The highest BCUT2D eigenvalue weighted by Gasteiger charge is 1.93. The van der Waals surface area contributed by atoms with Crippen molar-refractivity contribution in [3.63, 3.8) is 0 Å². The van der Waals surface area contributed by atoms with Crippen LogP contribution in [-0.4, -0.2) is 23.5 Å². The topological polar surface area (TPSA) is 36.1 Å². The quantitative estimate of drug-likeness (QED) is 0.297. The van der Waals surface area contributed by atoms with Crippen LogP contribution >= 0.6 is 0 Å². The third-order valence-electron chi connectivity index (χ3n) is 3.42. The van der Waals surface area contributed by atoms with Crippen LogP contribution in [0.5, 0.6) is 0 Å². The van der Waals surface area contributed by atoms with E-state index in [1.54, 1.807) is 0 Å². The van der Waals surface area contributed by atoms with Gasteiger partial charge in [-0.15, -0.1) is 0 Å². The molecule has 0 aliphatic carbocycles. The van der Waals surface area contributed by atoms with E-state index in [0.717, 1.165) is 19.6 Å². The fourth-order valence-electron chi connectivity index (χ4n) is 2.24. The van der Waals surface area contributed by atoms with Gasteiger partial charge < -0.3 is 5.32 Å². The maximum absolute atomic E-state index is 3.51. The molecule has 0 unspecified atom stereocenters. The van der Waals surface area contributed by atoms with E-state index >= 15 is 0 Å². The number of nitrogens with one attached hydrogen (secondary N) is 3. The van der Waals surface area contributed by atoms with Crippen molar-refractivity contribution < 1.29 is 0 Å². The minimum atomic E-state index is 0.995. The first-order chi connectivity index (χ1) is 9.93. The SMILES string of the molecule is [Si]NNCCCCCCCCCNCc1ccccc1. The molecule has 4 heteroatoms. The molecular formula is C16H28N3Si. The minimum absolute atomic E-state index is 0.995. The highest BCUT2D eigenvalue weighted by atomic mass is 28.2. The summed E-state index contributed by atoms with van der Waals surface area (Å²) in [6, 6.07) is 10.6. The number of hydrogen-bond donors (Lipinski definition) is 3. The Labute approximate surface area is 127 Å². The monoisotopic (exact) mass is 290 g/mol. The lowest BCUT2D eigenvalue weighted by Crippen LogP contribution is -2.29. The van der Waals surface area contributed by atoms with Crippen LogP contribution < -0.4 is 15.8 Å². The summed E-state index contributed by atoms with van der Waals surface area (Å²) in [5, 5.41) is 6.27. The van der Waals surface area contributed by atoms with Gasteiger partial charge in [-0.3, -0.25) is 10.5 Å². The molecule has 0 aliphatic rings. The molecule has 0 aliphatic heterocycles. The number of rotatable bonds is 13. The molecule has 0 fully saturated rings. The Balaban J connectivity index is 1.77. The summed E-state index contributed by atoms with van der Waals surface area (Å²) in [7, 11) is 3.17. The largest absolute Gasteiger partial charge is 0.313 e. The average Bonchev–Trinajstić information content (AvgIpc) is 2.49. The molecule has 1 rings (SSSR count). The molecule has 3 N–H and O–H groups in total. The lowest BCUT2D eigenvalue weighted by molar-refractivity contribution is 0.541. The van der Waals surface area contributed by atoms with E-state index in [9.17, 15) is 0 Å². The number of hydrazine groups is 1. The van der Waals surface area contributed by atoms with Crippen molar-refractivity contribution in [1.82, 2.24) is 15.8 Å². The van der Waals surface area contributed by atoms with Gasteiger partial charge in [0.1, 0.15) is 0 Å². The smallest absolute Gasteiger partial charge is 0.161 e. The van der Waals surface area contributed by atoms with Crippen LogP contribution in [0.3, 0.4) is 0 Å². The summed E-state index contributed by atoms with van der Waals surface area (Å²) in [4.78, 5) is 0. The van der Waals surface area contributed by atoms with Crippen LogP contribution in [0.1, 0.15) is 50.5 Å². The van der Waals surface area contributed by atoms with E-state index in [2.05, 4.69) is 56.6 Å². The number of benzene rings is 1. The van der Waals surface area contributed by atoms with Gasteiger partial charge in [0.25, 0.3) is 0 Å². The van der Waals surface area contributed by atoms with Crippen molar-refractivity contribution >= 4 is 10.4 Å². The van der Waals surface area contributed by atoms with E-state index in [0.29, 0.717) is 0 Å². The summed E-state index contributed by atoms with van der Waals surface area (Å²) < 4.78 is 0. The van der Waals surface area contributed by atoms with E-state index in [4.69, 9.17) is 0 Å². The van der Waals surface area contributed by atoms with Crippen LogP contribution in [0.2, 0.25) is 0 Å². The zero-order chi connectivity index (χ0) is 14.3. The van der Waals surface area contributed by atoms with Gasteiger partial charge in [-0.2, -0.15) is 0 Å². The highest BCUT2D eigenvalue weighted by Crippen LogP contribution is 2.06. The maximum Gasteiger partial charge on any atom is 0.161 e. The second kappa shape index (κ2) is 13.3. The summed E-state index contributed by atoms with van der Waals surface area (Å²) in [5.74, 6) is 0. The van der Waals surface area contributed by atoms with Crippen LogP contribution in [0, 0.1) is 0 Å². The molecule has 1 aromatic rings. The molecule has 111 valence electrons. The van der Waals surface area contributed by atoms with Crippen LogP contribution in [-0.2, 0) is 6.54 Å². The number of hydrogen-bond acceptors (Lipinski definition) is 3. The Bertz CT molecular complexity index is 306. The van der Waals surface area contributed by atoms with Crippen molar-refractivity contribution in [1.29, 1.82) is 0 Å². The average molecular weight is 291 g/mol. The third kappa shape index (κ3) is 10.1. The van der Waals surface area contributed by atoms with Crippen LogP contribution in [0.25, 0.3) is 0 Å². The Morgan fingerprint density at radius 2 is 1.35 bits per heavy atom. The highest BCUT2D eigenvalue weighted by molar-refractivity contribution is 6.03. The molecule has 0 atom stereocenters. The molecule has 0 heterocycles. The Kier molecular flexibility index (Phi) is 11.6. The summed E-state index contributed by atoms with van der Waals surface area (Å²) in [6.07, 6.45) is 9.32. The minimum Gasteiger partial charge on any atom is -0.313 e. The van der Waals surface area contributed by atoms with Crippen LogP contribution in [0.4, 0.5) is 0 Å². The molecule has 3 radical (unpaired) electrons. The van der Waals surface area contributed by atoms with E-state index < -0.39 is 0 Å². The lowest BCUT2D eigenvalue weighted by atomic mass is 10.1.